The molecule has 0 atom stereocenters. The number of benzene rings is 19. The van der Waals surface area contributed by atoms with Crippen LogP contribution in [0.2, 0.25) is 0 Å². The number of hydrogen-bond acceptors (Lipinski definition) is 4. The van der Waals surface area contributed by atoms with Gasteiger partial charge in [0.15, 0.2) is 0 Å². The monoisotopic (exact) mass is 1850 g/mol. The predicted molar refractivity (Wildman–Crippen MR) is 603 cm³/mol. The first-order chi connectivity index (χ1) is 68.9. The highest BCUT2D eigenvalue weighted by Crippen LogP contribution is 2.44. The third-order valence-corrected chi connectivity index (χ3v) is 29.1. The summed E-state index contributed by atoms with van der Waals surface area (Å²) in [6.45, 7) is 12.7. The number of fused-ring (bicyclic) bond motifs is 14. The fraction of sp³-hybridized carbons (Fsp3) is 0.0455. The van der Waals surface area contributed by atoms with Crippen LogP contribution < -0.4 is 0 Å². The van der Waals surface area contributed by atoms with Gasteiger partial charge in [-0.3, -0.25) is 0 Å². The standard InChI is InChI=1S/2C31H23N.C23H17N.C19H15N.C19H14S3.C9H8O/c1-22-16-17-31-29(18-22)28-14-8-9-15-30(28)32(31)27-20-25(23-10-4-2-5-11-23)19-26(21-27)24-12-6-3-7-13-24;1-22-16-17-29-28-14-8-9-15-30(28)32(31(29)18-22)27-20-25(23-10-4-2-5-11-23)19-26(21-27)24-12-6-3-7-13-24;1-16-10-13-21-20-8-4-5-9-22(20)24(23(21)14-16)19-12-11-17-6-2-3-7-18(17)15-19;1-14-10-12-15(13-11-14)20-18-8-4-2-6-16(18)17-7-3-5-9-19(17)20;1-13-6-7-19(22-13)16-11-14(17-4-2-8-20-17)10-15(12-16)18-5-3-9-21-18;1-7-6-8-4-2-3-5-9(8)10-7/h2*2-21H,1H3;2-15H,1H3;2-13H,1H3;2-12H,1H3;2-6H,1H3. The molecule has 0 saturated heterocycles. The summed E-state index contributed by atoms with van der Waals surface area (Å²) in [5, 5.41) is 18.4. The van der Waals surface area contributed by atoms with Crippen LogP contribution >= 0.6 is 34.0 Å². The van der Waals surface area contributed by atoms with Crippen molar-refractivity contribution in [2.45, 2.75) is 41.5 Å². The van der Waals surface area contributed by atoms with Crippen LogP contribution in [0.5, 0.6) is 0 Å². The van der Waals surface area contributed by atoms with Gasteiger partial charge in [-0.2, -0.15) is 0 Å². The number of para-hydroxylation sites is 6. The van der Waals surface area contributed by atoms with Gasteiger partial charge < -0.3 is 22.7 Å². The lowest BCUT2D eigenvalue weighted by Crippen LogP contribution is -1.96. The van der Waals surface area contributed by atoms with Gasteiger partial charge in [-0.1, -0.05) is 327 Å². The fourth-order valence-electron chi connectivity index (χ4n) is 19.6. The zero-order chi connectivity index (χ0) is 94.5. The lowest BCUT2D eigenvalue weighted by molar-refractivity contribution is 0.578. The molecule has 0 N–H and O–H groups in total. The number of furan rings is 1. The number of nitrogens with zero attached hydrogens (tertiary/aromatic N) is 4. The maximum absolute atomic E-state index is 5.37. The zero-order valence-corrected chi connectivity index (χ0v) is 81.2. The molecule has 8 heteroatoms. The largest absolute Gasteiger partial charge is 0.461 e. The van der Waals surface area contributed by atoms with Crippen LogP contribution in [0.25, 0.3) is 208 Å². The van der Waals surface area contributed by atoms with Crippen LogP contribution in [0.3, 0.4) is 0 Å². The Hall–Kier alpha value is -16.7. The van der Waals surface area contributed by atoms with E-state index in [1.54, 1.807) is 22.7 Å². The SMILES string of the molecule is Cc1cc2ccccc2o1.Cc1ccc(-c2cc(-c3cccs3)cc(-c3cccs3)c2)s1.Cc1ccc(-n2c3ccccc3c3ccccc32)cc1.Cc1ccc2c(c1)c1ccccc1n2-c1cc(-c2ccccc2)cc(-c2ccccc2)c1.Cc1ccc2c3ccccc3n(-c3cc(-c4ccccc4)cc(-c4ccccc4)c3)c2c1.Cc1ccc2c3ccccc3n(-c3ccc4ccccc4c3)c2c1. The average Bonchev–Trinajstić information content (AvgIpc) is 1.58. The average molecular weight is 1850 g/mol. The molecule has 8 aromatic heterocycles. The predicted octanol–water partition coefficient (Wildman–Crippen LogP) is 38.1. The second-order valence-electron chi connectivity index (χ2n) is 35.9. The second kappa shape index (κ2) is 39.5. The van der Waals surface area contributed by atoms with E-state index in [4.69, 9.17) is 4.42 Å². The Morgan fingerprint density at radius 2 is 0.514 bits per heavy atom. The van der Waals surface area contributed by atoms with Gasteiger partial charge in [0.2, 0.25) is 0 Å². The van der Waals surface area contributed by atoms with E-state index in [2.05, 4.69) is 519 Å². The minimum atomic E-state index is 0.972. The number of rotatable bonds is 11. The van der Waals surface area contributed by atoms with Gasteiger partial charge in [0.1, 0.15) is 11.3 Å². The minimum Gasteiger partial charge on any atom is -0.461 e. The number of hydrogen-bond donors (Lipinski definition) is 0. The third kappa shape index (κ3) is 18.3. The van der Waals surface area contributed by atoms with E-state index < -0.39 is 0 Å². The molecule has 0 fully saturated rings. The highest BCUT2D eigenvalue weighted by molar-refractivity contribution is 7.15. The molecule has 0 unspecified atom stereocenters. The maximum atomic E-state index is 5.37. The van der Waals surface area contributed by atoms with Gasteiger partial charge in [0, 0.05) is 90.7 Å². The molecule has 0 radical (unpaired) electrons. The molecular weight excluding hydrogens is 1750 g/mol. The van der Waals surface area contributed by atoms with Crippen molar-refractivity contribution < 1.29 is 4.42 Å². The van der Waals surface area contributed by atoms with E-state index in [1.807, 2.05) is 48.6 Å². The Bertz CT molecular complexity index is 8850. The van der Waals surface area contributed by atoms with Gasteiger partial charge in [-0.05, 0) is 305 Å². The summed E-state index contributed by atoms with van der Waals surface area (Å²) in [5.74, 6) is 0.973. The summed E-state index contributed by atoms with van der Waals surface area (Å²) in [4.78, 5) is 5.35. The van der Waals surface area contributed by atoms with Crippen LogP contribution in [0.4, 0.5) is 0 Å². The molecule has 140 heavy (non-hydrogen) atoms. The van der Waals surface area contributed by atoms with Crippen LogP contribution in [-0.2, 0) is 0 Å². The molecule has 672 valence electrons. The first-order valence-electron chi connectivity index (χ1n) is 47.7. The molecule has 0 amide bonds. The van der Waals surface area contributed by atoms with Gasteiger partial charge in [-0.25, -0.2) is 0 Å². The van der Waals surface area contributed by atoms with Crippen LogP contribution in [0, 0.1) is 41.5 Å². The van der Waals surface area contributed by atoms with Crippen LogP contribution in [0.1, 0.15) is 32.9 Å². The summed E-state index contributed by atoms with van der Waals surface area (Å²) in [5.41, 5.74) is 34.6. The van der Waals surface area contributed by atoms with Crippen LogP contribution in [-0.4, -0.2) is 18.3 Å². The molecule has 27 rings (SSSR count). The Kier molecular flexibility index (Phi) is 25.0. The summed E-state index contributed by atoms with van der Waals surface area (Å²) >= 11 is 5.46. The first kappa shape index (κ1) is 88.6. The molecule has 0 aliphatic heterocycles. The molecule has 8 heterocycles. The van der Waals surface area contributed by atoms with Crippen molar-refractivity contribution in [1.29, 1.82) is 0 Å². The maximum Gasteiger partial charge on any atom is 0.134 e. The van der Waals surface area contributed by atoms with Crippen molar-refractivity contribution in [3.8, 4) is 98.6 Å². The Balaban J connectivity index is 0.0000000990. The summed E-state index contributed by atoms with van der Waals surface area (Å²) in [6, 6.07) is 174. The molecule has 0 aliphatic rings. The molecule has 27 aromatic rings. The normalized spacial score (nSPS) is 11.2. The molecule has 0 bridgehead atoms. The van der Waals surface area contributed by atoms with Crippen molar-refractivity contribution in [3.05, 3.63) is 529 Å². The van der Waals surface area contributed by atoms with E-state index in [1.165, 1.54) is 229 Å². The summed E-state index contributed by atoms with van der Waals surface area (Å²) in [7, 11) is 0. The second-order valence-corrected chi connectivity index (χ2v) is 39.1. The minimum absolute atomic E-state index is 0.972. The molecule has 0 aliphatic carbocycles. The smallest absolute Gasteiger partial charge is 0.134 e. The summed E-state index contributed by atoms with van der Waals surface area (Å²) < 4.78 is 14.9. The highest BCUT2D eigenvalue weighted by Gasteiger charge is 2.21. The third-order valence-electron chi connectivity index (χ3n) is 26.2. The van der Waals surface area contributed by atoms with E-state index in [0.717, 1.165) is 11.3 Å². The van der Waals surface area contributed by atoms with Crippen LogP contribution in [0.15, 0.2) is 500 Å². The molecule has 19 aromatic carbocycles. The van der Waals surface area contributed by atoms with E-state index in [0.29, 0.717) is 0 Å². The lowest BCUT2D eigenvalue weighted by atomic mass is 9.98. The molecule has 5 nitrogen and oxygen atoms in total. The lowest BCUT2D eigenvalue weighted by Gasteiger charge is -2.14. The zero-order valence-electron chi connectivity index (χ0n) is 78.8. The quantitative estimate of drug-likeness (QED) is 0.127. The Morgan fingerprint density at radius 3 is 0.943 bits per heavy atom. The number of aryl methyl sites for hydroxylation is 6. The van der Waals surface area contributed by atoms with E-state index in [-0.39, 0.29) is 0 Å². The van der Waals surface area contributed by atoms with Gasteiger partial charge >= 0.3 is 0 Å². The topological polar surface area (TPSA) is 32.9 Å². The fourth-order valence-corrected chi connectivity index (χ4v) is 21.9. The Morgan fingerprint density at radius 1 is 0.179 bits per heavy atom. The summed E-state index contributed by atoms with van der Waals surface area (Å²) in [6.07, 6.45) is 0. The van der Waals surface area contributed by atoms with Crippen molar-refractivity contribution in [1.82, 2.24) is 18.3 Å². The van der Waals surface area contributed by atoms with Crippen molar-refractivity contribution in [3.63, 3.8) is 0 Å². The van der Waals surface area contributed by atoms with Gasteiger partial charge in [0.25, 0.3) is 0 Å². The first-order valence-corrected chi connectivity index (χ1v) is 50.3. The molecular formula is C132H100N4OS3. The molecule has 0 spiro atoms. The van der Waals surface area contributed by atoms with E-state index in [9.17, 15) is 0 Å². The van der Waals surface area contributed by atoms with E-state index >= 15 is 0 Å². The molecule has 0 saturated carbocycles. The number of thiophene rings is 3. The number of aromatic nitrogens is 4. The van der Waals surface area contributed by atoms with Crippen molar-refractivity contribution in [2.75, 3.05) is 0 Å². The highest BCUT2D eigenvalue weighted by atomic mass is 32.1. The van der Waals surface area contributed by atoms with Gasteiger partial charge in [0.05, 0.1) is 44.1 Å². The van der Waals surface area contributed by atoms with Crippen molar-refractivity contribution >= 4 is 143 Å². The van der Waals surface area contributed by atoms with Gasteiger partial charge in [-0.15, -0.1) is 34.0 Å². The Labute approximate surface area is 828 Å². The van der Waals surface area contributed by atoms with Crippen molar-refractivity contribution in [2.24, 2.45) is 0 Å².